The predicted octanol–water partition coefficient (Wildman–Crippen LogP) is 0.590. The lowest BCUT2D eigenvalue weighted by molar-refractivity contribution is -0.132. The third-order valence-corrected chi connectivity index (χ3v) is 1.88. The number of nitrogens with two attached hydrogens (primary N) is 1. The van der Waals surface area contributed by atoms with Crippen LogP contribution in [0.4, 0.5) is 0 Å². The summed E-state index contributed by atoms with van der Waals surface area (Å²) in [6.07, 6.45) is 0.704. The molecule has 0 saturated heterocycles. The van der Waals surface area contributed by atoms with Gasteiger partial charge in [0.15, 0.2) is 0 Å². The summed E-state index contributed by atoms with van der Waals surface area (Å²) >= 11 is 0. The zero-order chi connectivity index (χ0) is 9.02. The average Bonchev–Trinajstić information content (AvgIpc) is 2.00. The minimum Gasteiger partial charge on any atom is -0.342 e. The molecule has 0 unspecified atom stereocenters. The van der Waals surface area contributed by atoms with E-state index >= 15 is 0 Å². The van der Waals surface area contributed by atoms with Gasteiger partial charge in [-0.05, 0) is 20.3 Å². The normalized spacial score (nSPS) is 13.3. The topological polar surface area (TPSA) is 46.3 Å². The molecule has 0 heterocycles. The van der Waals surface area contributed by atoms with Crippen LogP contribution in [0, 0.1) is 0 Å². The monoisotopic (exact) mass is 158 g/mol. The Balaban J connectivity index is 4.02. The fourth-order valence-electron chi connectivity index (χ4n) is 0.691. The third kappa shape index (κ3) is 2.89. The Morgan fingerprint density at radius 3 is 2.27 bits per heavy atom. The molecule has 0 aliphatic rings. The van der Waals surface area contributed by atoms with Crippen LogP contribution < -0.4 is 5.73 Å². The fourth-order valence-corrected chi connectivity index (χ4v) is 0.691. The highest BCUT2D eigenvalue weighted by molar-refractivity contribution is 5.81. The smallest absolute Gasteiger partial charge is 0.239 e. The number of nitrogens with zero attached hydrogens (tertiary/aromatic N) is 1. The molecule has 0 aliphatic heterocycles. The molecule has 0 aromatic heterocycles. The largest absolute Gasteiger partial charge is 0.342 e. The summed E-state index contributed by atoms with van der Waals surface area (Å²) in [5.41, 5.74) is 5.56. The second kappa shape index (κ2) is 4.34. The van der Waals surface area contributed by atoms with Crippen molar-refractivity contribution in [2.75, 3.05) is 7.05 Å². The lowest BCUT2D eigenvalue weighted by Gasteiger charge is -2.24. The summed E-state index contributed by atoms with van der Waals surface area (Å²) in [5, 5.41) is 0. The molecule has 2 N–H and O–H groups in total. The van der Waals surface area contributed by atoms with Gasteiger partial charge in [0.05, 0.1) is 6.04 Å². The number of carbonyl (C=O) groups excluding carboxylic acids is 1. The first kappa shape index (κ1) is 10.4. The minimum absolute atomic E-state index is 0.0301. The van der Waals surface area contributed by atoms with E-state index in [1.54, 1.807) is 11.9 Å². The van der Waals surface area contributed by atoms with Gasteiger partial charge in [0.2, 0.25) is 5.91 Å². The van der Waals surface area contributed by atoms with Gasteiger partial charge >= 0.3 is 0 Å². The molecule has 66 valence electrons. The zero-order valence-electron chi connectivity index (χ0n) is 7.79. The van der Waals surface area contributed by atoms with Crippen molar-refractivity contribution in [3.63, 3.8) is 0 Å². The Labute approximate surface area is 68.6 Å². The molecule has 0 aromatic rings. The second-order valence-electron chi connectivity index (χ2n) is 3.06. The quantitative estimate of drug-likeness (QED) is 0.653. The Morgan fingerprint density at radius 2 is 2.00 bits per heavy atom. The zero-order valence-corrected chi connectivity index (χ0v) is 7.79. The van der Waals surface area contributed by atoms with Crippen molar-refractivity contribution in [2.45, 2.75) is 39.3 Å². The molecular formula is C8H18N2O. The van der Waals surface area contributed by atoms with Crippen molar-refractivity contribution in [1.29, 1.82) is 0 Å². The lowest BCUT2D eigenvalue weighted by Crippen LogP contribution is -2.44. The van der Waals surface area contributed by atoms with Crippen LogP contribution in [-0.4, -0.2) is 29.9 Å². The van der Waals surface area contributed by atoms with Crippen LogP contribution in [0.25, 0.3) is 0 Å². The predicted molar refractivity (Wildman–Crippen MR) is 46.2 cm³/mol. The van der Waals surface area contributed by atoms with Crippen molar-refractivity contribution >= 4 is 5.91 Å². The van der Waals surface area contributed by atoms with E-state index in [2.05, 4.69) is 0 Å². The van der Waals surface area contributed by atoms with Gasteiger partial charge in [-0.2, -0.15) is 0 Å². The van der Waals surface area contributed by atoms with Crippen LogP contribution in [0.3, 0.4) is 0 Å². The number of hydrogen-bond donors (Lipinski definition) is 1. The van der Waals surface area contributed by atoms with Crippen molar-refractivity contribution in [1.82, 2.24) is 4.90 Å². The van der Waals surface area contributed by atoms with Crippen molar-refractivity contribution in [3.05, 3.63) is 0 Å². The second-order valence-corrected chi connectivity index (χ2v) is 3.06. The SMILES string of the molecule is CC[C@H](N)C(=O)N(C)C(C)C. The number of likely N-dealkylation sites (N-methyl/N-ethyl adjacent to an activating group) is 1. The van der Waals surface area contributed by atoms with Gasteiger partial charge in [-0.25, -0.2) is 0 Å². The summed E-state index contributed by atoms with van der Waals surface area (Å²) in [5.74, 6) is 0.0301. The van der Waals surface area contributed by atoms with Gasteiger partial charge in [0, 0.05) is 13.1 Å². The Hall–Kier alpha value is -0.570. The molecule has 0 fully saturated rings. The maximum atomic E-state index is 11.3. The van der Waals surface area contributed by atoms with E-state index in [0.29, 0.717) is 6.42 Å². The van der Waals surface area contributed by atoms with Crippen LogP contribution in [0.15, 0.2) is 0 Å². The highest BCUT2D eigenvalue weighted by Gasteiger charge is 2.17. The third-order valence-electron chi connectivity index (χ3n) is 1.88. The Bertz CT molecular complexity index is 134. The molecule has 0 aromatic carbocycles. The summed E-state index contributed by atoms with van der Waals surface area (Å²) in [7, 11) is 1.78. The van der Waals surface area contributed by atoms with E-state index in [1.165, 1.54) is 0 Å². The van der Waals surface area contributed by atoms with Crippen molar-refractivity contribution in [2.24, 2.45) is 5.73 Å². The van der Waals surface area contributed by atoms with Crippen molar-refractivity contribution < 1.29 is 4.79 Å². The first-order valence-electron chi connectivity index (χ1n) is 4.03. The Morgan fingerprint density at radius 1 is 1.55 bits per heavy atom. The van der Waals surface area contributed by atoms with E-state index in [-0.39, 0.29) is 18.0 Å². The minimum atomic E-state index is -0.331. The number of carbonyl (C=O) groups is 1. The van der Waals surface area contributed by atoms with Crippen LogP contribution in [0.2, 0.25) is 0 Å². The fraction of sp³-hybridized carbons (Fsp3) is 0.875. The molecule has 3 nitrogen and oxygen atoms in total. The van der Waals surface area contributed by atoms with E-state index in [4.69, 9.17) is 5.73 Å². The summed E-state index contributed by atoms with van der Waals surface area (Å²) < 4.78 is 0. The van der Waals surface area contributed by atoms with E-state index in [1.807, 2.05) is 20.8 Å². The first-order valence-corrected chi connectivity index (χ1v) is 4.03. The molecule has 0 saturated carbocycles. The summed E-state index contributed by atoms with van der Waals surface area (Å²) in [6.45, 7) is 5.86. The standard InChI is InChI=1S/C8H18N2O/c1-5-7(9)8(11)10(4)6(2)3/h6-7H,5,9H2,1-4H3/t7-/m0/s1. The van der Waals surface area contributed by atoms with E-state index in [0.717, 1.165) is 0 Å². The Kier molecular flexibility index (Phi) is 4.11. The molecule has 0 bridgehead atoms. The van der Waals surface area contributed by atoms with Gasteiger partial charge < -0.3 is 10.6 Å². The molecule has 0 rings (SSSR count). The van der Waals surface area contributed by atoms with Crippen LogP contribution in [0.5, 0.6) is 0 Å². The molecule has 11 heavy (non-hydrogen) atoms. The maximum Gasteiger partial charge on any atom is 0.239 e. The van der Waals surface area contributed by atoms with Crippen molar-refractivity contribution in [3.8, 4) is 0 Å². The molecule has 1 amide bonds. The molecule has 1 atom stereocenters. The van der Waals surface area contributed by atoms with E-state index in [9.17, 15) is 4.79 Å². The van der Waals surface area contributed by atoms with Crippen LogP contribution >= 0.6 is 0 Å². The average molecular weight is 158 g/mol. The van der Waals surface area contributed by atoms with Gasteiger partial charge in [0.1, 0.15) is 0 Å². The highest BCUT2D eigenvalue weighted by Crippen LogP contribution is 1.98. The van der Waals surface area contributed by atoms with Crippen LogP contribution in [-0.2, 0) is 4.79 Å². The van der Waals surface area contributed by atoms with Gasteiger partial charge in [-0.15, -0.1) is 0 Å². The van der Waals surface area contributed by atoms with E-state index < -0.39 is 0 Å². The molecule has 0 aliphatic carbocycles. The lowest BCUT2D eigenvalue weighted by atomic mass is 10.2. The maximum absolute atomic E-state index is 11.3. The first-order chi connectivity index (χ1) is 5.00. The van der Waals surface area contributed by atoms with Gasteiger partial charge in [-0.3, -0.25) is 4.79 Å². The summed E-state index contributed by atoms with van der Waals surface area (Å²) in [6, 6.07) is -0.0949. The van der Waals surface area contributed by atoms with Gasteiger partial charge in [0.25, 0.3) is 0 Å². The molecule has 0 radical (unpaired) electrons. The highest BCUT2D eigenvalue weighted by atomic mass is 16.2. The summed E-state index contributed by atoms with van der Waals surface area (Å²) in [4.78, 5) is 13.0. The molecule has 0 spiro atoms. The molecular weight excluding hydrogens is 140 g/mol. The number of hydrogen-bond acceptors (Lipinski definition) is 2. The number of amides is 1. The van der Waals surface area contributed by atoms with Gasteiger partial charge in [-0.1, -0.05) is 6.92 Å². The molecule has 3 heteroatoms. The number of rotatable bonds is 3. The van der Waals surface area contributed by atoms with Crippen LogP contribution in [0.1, 0.15) is 27.2 Å².